The maximum Gasteiger partial charge on any atom is 0.412 e. The van der Waals surface area contributed by atoms with Crippen molar-refractivity contribution < 1.29 is 53.1 Å². The van der Waals surface area contributed by atoms with Crippen molar-refractivity contribution in [3.05, 3.63) is 71.8 Å². The molecule has 2 aromatic rings. The second kappa shape index (κ2) is 20.4. The first-order valence-electron chi connectivity index (χ1n) is 21.1. The predicted octanol–water partition coefficient (Wildman–Crippen LogP) is 7.83. The van der Waals surface area contributed by atoms with Crippen molar-refractivity contribution in [1.29, 1.82) is 0 Å². The predicted molar refractivity (Wildman–Crippen MR) is 226 cm³/mol. The van der Waals surface area contributed by atoms with E-state index in [1.54, 1.807) is 23.1 Å². The van der Waals surface area contributed by atoms with Gasteiger partial charge in [-0.2, -0.15) is 0 Å². The molecule has 2 aliphatic heterocycles. The Morgan fingerprint density at radius 3 is 2.52 bits per heavy atom. The number of halogens is 1. The van der Waals surface area contributed by atoms with Crippen LogP contribution >= 0.6 is 11.6 Å². The first kappa shape index (κ1) is 45.0. The molecule has 15 heteroatoms. The van der Waals surface area contributed by atoms with E-state index in [4.69, 9.17) is 50.0 Å². The van der Waals surface area contributed by atoms with Crippen LogP contribution in [-0.4, -0.2) is 96.1 Å². The standard InChI is InChI=1S/C45H60ClN3O11/c1-6-21-57-45-39(49(43(53)54-22-18-46)27-29-14-16-37-38(23-29)56-28-55-37)26-35(48-60-44(3,4)5)33-24-30(12-8-10-19-50)32(13-9-11-20-51)40(41(33)45)34-25-31(15-17-36(34)59-45)58-42(52)47-7-2/h6,14-17,23-25,30,32,39-41,50-51H,1,7-13,18-22,26-28H2,2-5H3,(H,47,52)/t30-,32+,39-,40+,41+,45+/m0/s1. The van der Waals surface area contributed by atoms with E-state index in [9.17, 15) is 19.8 Å². The summed E-state index contributed by atoms with van der Waals surface area (Å²) in [6.07, 6.45) is 7.18. The number of alkyl halides is 1. The molecule has 1 fully saturated rings. The molecular formula is C45H60ClN3O11. The molecule has 0 saturated heterocycles. The number of amides is 2. The van der Waals surface area contributed by atoms with Gasteiger partial charge in [-0.1, -0.05) is 36.2 Å². The number of hydrogen-bond acceptors (Lipinski definition) is 12. The lowest BCUT2D eigenvalue weighted by atomic mass is 9.55. The third-order valence-corrected chi connectivity index (χ3v) is 11.5. The number of hydrogen-bond donors (Lipinski definition) is 3. The molecule has 0 aromatic heterocycles. The Bertz CT molecular complexity index is 1880. The number of ether oxygens (including phenoxy) is 6. The van der Waals surface area contributed by atoms with Gasteiger partial charge in [0.15, 0.2) is 11.5 Å². The Kier molecular flexibility index (Phi) is 15.3. The number of aliphatic hydroxyl groups excluding tert-OH is 2. The highest BCUT2D eigenvalue weighted by Gasteiger charge is 2.66. The second-order valence-corrected chi connectivity index (χ2v) is 16.9. The number of nitrogens with one attached hydrogen (secondary N) is 1. The molecule has 1 saturated carbocycles. The lowest BCUT2D eigenvalue weighted by Gasteiger charge is -2.60. The molecule has 3 N–H and O–H groups in total. The Labute approximate surface area is 357 Å². The molecular weight excluding hydrogens is 794 g/mol. The van der Waals surface area contributed by atoms with Crippen molar-refractivity contribution >= 4 is 29.5 Å². The van der Waals surface area contributed by atoms with E-state index in [1.807, 2.05) is 52.0 Å². The number of allylic oxidation sites excluding steroid dienone is 1. The molecule has 0 unspecified atom stereocenters. The van der Waals surface area contributed by atoms with Crippen molar-refractivity contribution in [2.45, 2.75) is 103 Å². The van der Waals surface area contributed by atoms with Crippen molar-refractivity contribution in [3.63, 3.8) is 0 Å². The van der Waals surface area contributed by atoms with E-state index in [2.05, 4.69) is 18.0 Å². The van der Waals surface area contributed by atoms with Crippen molar-refractivity contribution in [3.8, 4) is 23.0 Å². The molecule has 328 valence electrons. The van der Waals surface area contributed by atoms with Crippen molar-refractivity contribution in [2.24, 2.45) is 22.9 Å². The number of aliphatic hydroxyl groups is 2. The number of unbranched alkanes of at least 4 members (excludes halogenated alkanes) is 2. The van der Waals surface area contributed by atoms with Crippen LogP contribution in [0.15, 0.2) is 65.9 Å². The molecule has 4 aliphatic rings. The van der Waals surface area contributed by atoms with Gasteiger partial charge in [-0.15, -0.1) is 18.2 Å². The lowest BCUT2D eigenvalue weighted by Crippen LogP contribution is -2.70. The molecule has 0 spiro atoms. The SMILES string of the molecule is C=CCO[C@@]12Oc3ccc(OC(=O)NCC)cc3[C@H]3[C@H](CCCCO)[C@@H](CCCCO)C=C(C(=NOC(C)(C)C)C[C@@H]1N(Cc1ccc4c(c1)OCO4)C(=O)OCCCl)[C@H]32. The minimum atomic E-state index is -1.54. The smallest absolute Gasteiger partial charge is 0.412 e. The van der Waals surface area contributed by atoms with Gasteiger partial charge in [-0.25, -0.2) is 9.59 Å². The summed E-state index contributed by atoms with van der Waals surface area (Å²) < 4.78 is 37.2. The van der Waals surface area contributed by atoms with Gasteiger partial charge in [0.05, 0.1) is 24.1 Å². The molecule has 2 aromatic carbocycles. The fourth-order valence-corrected chi connectivity index (χ4v) is 9.02. The third-order valence-electron chi connectivity index (χ3n) is 11.3. The quantitative estimate of drug-likeness (QED) is 0.0546. The van der Waals surface area contributed by atoms with Gasteiger partial charge in [-0.3, -0.25) is 4.90 Å². The van der Waals surface area contributed by atoms with Gasteiger partial charge < -0.3 is 48.8 Å². The first-order chi connectivity index (χ1) is 29.0. The number of rotatable bonds is 19. The summed E-state index contributed by atoms with van der Waals surface area (Å²) in [7, 11) is 0. The topological polar surface area (TPSA) is 167 Å². The van der Waals surface area contributed by atoms with Crippen LogP contribution in [0.1, 0.15) is 89.7 Å². The minimum Gasteiger partial charge on any atom is -0.459 e. The molecule has 60 heavy (non-hydrogen) atoms. The third kappa shape index (κ3) is 10.2. The Morgan fingerprint density at radius 2 is 1.80 bits per heavy atom. The van der Waals surface area contributed by atoms with Crippen LogP contribution in [0.2, 0.25) is 0 Å². The molecule has 2 heterocycles. The minimum absolute atomic E-state index is 0.0114. The highest BCUT2D eigenvalue weighted by Crippen LogP contribution is 2.62. The maximum absolute atomic E-state index is 14.6. The van der Waals surface area contributed by atoms with Gasteiger partial charge in [0.25, 0.3) is 0 Å². The average molecular weight is 854 g/mol. The van der Waals surface area contributed by atoms with E-state index in [0.717, 1.165) is 42.4 Å². The number of carbonyl (C=O) groups is 2. The van der Waals surface area contributed by atoms with Gasteiger partial charge in [0.1, 0.15) is 29.7 Å². The number of oxime groups is 1. The van der Waals surface area contributed by atoms with Crippen LogP contribution in [0.3, 0.4) is 0 Å². The summed E-state index contributed by atoms with van der Waals surface area (Å²) in [6.45, 7) is 12.3. The first-order valence-corrected chi connectivity index (χ1v) is 21.6. The second-order valence-electron chi connectivity index (χ2n) is 16.5. The highest BCUT2D eigenvalue weighted by molar-refractivity contribution is 6.18. The van der Waals surface area contributed by atoms with Crippen molar-refractivity contribution in [1.82, 2.24) is 10.2 Å². The van der Waals surface area contributed by atoms with Crippen LogP contribution in [0, 0.1) is 17.8 Å². The van der Waals surface area contributed by atoms with Crippen molar-refractivity contribution in [2.75, 3.05) is 45.6 Å². The van der Waals surface area contributed by atoms with Gasteiger partial charge in [0.2, 0.25) is 12.6 Å². The van der Waals surface area contributed by atoms with E-state index in [1.165, 1.54) is 0 Å². The Morgan fingerprint density at radius 1 is 1.05 bits per heavy atom. The van der Waals surface area contributed by atoms with Crippen LogP contribution < -0.4 is 24.3 Å². The molecule has 0 radical (unpaired) electrons. The van der Waals surface area contributed by atoms with E-state index < -0.39 is 35.5 Å². The number of fused-ring (bicyclic) bond motifs is 3. The largest absolute Gasteiger partial charge is 0.459 e. The molecule has 0 bridgehead atoms. The van der Waals surface area contributed by atoms with Gasteiger partial charge in [-0.05, 0) is 107 Å². The molecule has 6 atom stereocenters. The monoisotopic (exact) mass is 853 g/mol. The summed E-state index contributed by atoms with van der Waals surface area (Å²) >= 11 is 6.09. The lowest BCUT2D eigenvalue weighted by molar-refractivity contribution is -0.256. The van der Waals surface area contributed by atoms with Crippen LogP contribution in [0.25, 0.3) is 0 Å². The summed E-state index contributed by atoms with van der Waals surface area (Å²) in [6, 6.07) is 10.0. The zero-order chi connectivity index (χ0) is 42.9. The number of benzene rings is 2. The van der Waals surface area contributed by atoms with E-state index >= 15 is 0 Å². The Balaban J connectivity index is 1.61. The zero-order valence-corrected chi connectivity index (χ0v) is 35.9. The van der Waals surface area contributed by atoms with Gasteiger partial charge >= 0.3 is 12.2 Å². The van der Waals surface area contributed by atoms with Crippen LogP contribution in [-0.2, 0) is 20.9 Å². The van der Waals surface area contributed by atoms with E-state index in [0.29, 0.717) is 48.1 Å². The maximum atomic E-state index is 14.6. The summed E-state index contributed by atoms with van der Waals surface area (Å²) in [5.74, 6) is -0.360. The number of nitrogens with zero attached hydrogens (tertiary/aromatic N) is 2. The molecule has 2 amide bonds. The molecule has 6 rings (SSSR count). The fourth-order valence-electron chi connectivity index (χ4n) is 8.94. The number of carbonyl (C=O) groups excluding carboxylic acids is 2. The fraction of sp³-hybridized carbons (Fsp3) is 0.578. The van der Waals surface area contributed by atoms with Gasteiger partial charge in [0, 0.05) is 44.2 Å². The van der Waals surface area contributed by atoms with E-state index in [-0.39, 0.29) is 69.8 Å². The normalized spacial score (nSPS) is 24.4. The van der Waals surface area contributed by atoms with Crippen LogP contribution in [0.4, 0.5) is 9.59 Å². The Hall–Kier alpha value is -4.50. The average Bonchev–Trinajstić information content (AvgIpc) is 3.70. The summed E-state index contributed by atoms with van der Waals surface area (Å²) in [5.41, 5.74) is 2.42. The van der Waals surface area contributed by atoms with Crippen LogP contribution in [0.5, 0.6) is 23.0 Å². The highest BCUT2D eigenvalue weighted by atomic mass is 35.5. The molecule has 2 aliphatic carbocycles. The molecule has 14 nitrogen and oxygen atoms in total. The summed E-state index contributed by atoms with van der Waals surface area (Å²) in [5, 5.41) is 27.4. The zero-order valence-electron chi connectivity index (χ0n) is 35.2. The summed E-state index contributed by atoms with van der Waals surface area (Å²) in [4.78, 5) is 35.1.